The van der Waals surface area contributed by atoms with Crippen LogP contribution < -0.4 is 5.32 Å². The largest absolute Gasteiger partial charge is 0.378 e. The Balaban J connectivity index is 1.75. The van der Waals surface area contributed by atoms with Gasteiger partial charge in [0.15, 0.2) is 0 Å². The molecule has 0 aromatic heterocycles. The molecule has 2 heterocycles. The van der Waals surface area contributed by atoms with Crippen molar-refractivity contribution >= 4 is 0 Å². The molecule has 2 fully saturated rings. The Labute approximate surface area is 130 Å². The molecule has 0 radical (unpaired) electrons. The van der Waals surface area contributed by atoms with Crippen molar-refractivity contribution < 1.29 is 9.47 Å². The zero-order valence-electron chi connectivity index (χ0n) is 14.0. The van der Waals surface area contributed by atoms with Crippen LogP contribution in [0.3, 0.4) is 0 Å². The number of morpholine rings is 1. The van der Waals surface area contributed by atoms with Crippen LogP contribution in [-0.4, -0.2) is 62.5 Å². The molecular formula is C17H34N2O2. The van der Waals surface area contributed by atoms with Gasteiger partial charge in [-0.1, -0.05) is 13.8 Å². The molecule has 21 heavy (non-hydrogen) atoms. The van der Waals surface area contributed by atoms with Gasteiger partial charge in [-0.05, 0) is 51.6 Å². The van der Waals surface area contributed by atoms with E-state index in [1.165, 1.54) is 38.5 Å². The highest BCUT2D eigenvalue weighted by Gasteiger charge is 2.27. The zero-order valence-corrected chi connectivity index (χ0v) is 14.0. The fraction of sp³-hybridized carbons (Fsp3) is 1.00. The summed E-state index contributed by atoms with van der Waals surface area (Å²) in [7, 11) is 0. The number of rotatable bonds is 9. The van der Waals surface area contributed by atoms with Crippen LogP contribution in [0.2, 0.25) is 0 Å². The average molecular weight is 298 g/mol. The van der Waals surface area contributed by atoms with Crippen LogP contribution in [0.4, 0.5) is 0 Å². The second-order valence-electron chi connectivity index (χ2n) is 6.43. The van der Waals surface area contributed by atoms with Gasteiger partial charge >= 0.3 is 0 Å². The van der Waals surface area contributed by atoms with Crippen molar-refractivity contribution in [3.63, 3.8) is 0 Å². The third kappa shape index (κ3) is 5.85. The third-order valence-electron chi connectivity index (χ3n) is 4.80. The number of nitrogens with zero attached hydrogens (tertiary/aromatic N) is 1. The lowest BCUT2D eigenvalue weighted by Crippen LogP contribution is -2.52. The van der Waals surface area contributed by atoms with Crippen molar-refractivity contribution in [1.29, 1.82) is 0 Å². The van der Waals surface area contributed by atoms with Crippen LogP contribution in [-0.2, 0) is 9.47 Å². The SMILES string of the molecule is CCCNC(CCCC1CCCO1)C1CN(CC)CCO1. The molecule has 3 unspecified atom stereocenters. The van der Waals surface area contributed by atoms with E-state index in [0.717, 1.165) is 39.4 Å². The minimum Gasteiger partial charge on any atom is -0.378 e. The Kier molecular flexibility index (Phi) is 8.01. The molecule has 3 atom stereocenters. The molecule has 0 bridgehead atoms. The first kappa shape index (κ1) is 17.2. The maximum Gasteiger partial charge on any atom is 0.0855 e. The van der Waals surface area contributed by atoms with Gasteiger partial charge in [-0.15, -0.1) is 0 Å². The Morgan fingerprint density at radius 1 is 1.24 bits per heavy atom. The topological polar surface area (TPSA) is 33.7 Å². The van der Waals surface area contributed by atoms with Gasteiger partial charge in [0.1, 0.15) is 0 Å². The quantitative estimate of drug-likeness (QED) is 0.709. The van der Waals surface area contributed by atoms with Gasteiger partial charge in [0.25, 0.3) is 0 Å². The van der Waals surface area contributed by atoms with Crippen molar-refractivity contribution in [1.82, 2.24) is 10.2 Å². The van der Waals surface area contributed by atoms with Crippen molar-refractivity contribution in [2.24, 2.45) is 0 Å². The number of hydrogen-bond donors (Lipinski definition) is 1. The summed E-state index contributed by atoms with van der Waals surface area (Å²) in [6.45, 7) is 10.7. The highest BCUT2D eigenvalue weighted by atomic mass is 16.5. The molecule has 4 heteroatoms. The summed E-state index contributed by atoms with van der Waals surface area (Å²) in [5.74, 6) is 0. The monoisotopic (exact) mass is 298 g/mol. The van der Waals surface area contributed by atoms with Gasteiger partial charge in [0, 0.05) is 25.7 Å². The van der Waals surface area contributed by atoms with Crippen LogP contribution in [0.5, 0.6) is 0 Å². The summed E-state index contributed by atoms with van der Waals surface area (Å²) in [5, 5.41) is 3.72. The van der Waals surface area contributed by atoms with Crippen molar-refractivity contribution in [3.05, 3.63) is 0 Å². The highest BCUT2D eigenvalue weighted by molar-refractivity contribution is 4.83. The molecule has 0 spiro atoms. The average Bonchev–Trinajstić information content (AvgIpc) is 3.04. The lowest BCUT2D eigenvalue weighted by Gasteiger charge is -2.37. The van der Waals surface area contributed by atoms with E-state index in [1.54, 1.807) is 0 Å². The number of nitrogens with one attached hydrogen (secondary N) is 1. The van der Waals surface area contributed by atoms with Crippen molar-refractivity contribution in [2.45, 2.75) is 70.6 Å². The molecular weight excluding hydrogens is 264 g/mol. The van der Waals surface area contributed by atoms with Gasteiger partial charge in [-0.2, -0.15) is 0 Å². The molecule has 0 aromatic rings. The smallest absolute Gasteiger partial charge is 0.0855 e. The molecule has 124 valence electrons. The minimum absolute atomic E-state index is 0.356. The van der Waals surface area contributed by atoms with Crippen LogP contribution in [0, 0.1) is 0 Å². The number of likely N-dealkylation sites (N-methyl/N-ethyl adjacent to an activating group) is 1. The van der Waals surface area contributed by atoms with Gasteiger partial charge in [-0.25, -0.2) is 0 Å². The standard InChI is InChI=1S/C17H34N2O2/c1-3-10-18-16(9-5-7-15-8-6-12-20-15)17-14-19(4-2)11-13-21-17/h15-18H,3-14H2,1-2H3. The Morgan fingerprint density at radius 3 is 2.86 bits per heavy atom. The Morgan fingerprint density at radius 2 is 2.14 bits per heavy atom. The van der Waals surface area contributed by atoms with Crippen molar-refractivity contribution in [2.75, 3.05) is 39.4 Å². The Hall–Kier alpha value is -0.160. The third-order valence-corrected chi connectivity index (χ3v) is 4.80. The Bertz CT molecular complexity index is 270. The first-order valence-corrected chi connectivity index (χ1v) is 9.02. The lowest BCUT2D eigenvalue weighted by atomic mass is 10.00. The van der Waals surface area contributed by atoms with Crippen LogP contribution in [0.1, 0.15) is 52.4 Å². The molecule has 0 saturated carbocycles. The molecule has 1 N–H and O–H groups in total. The molecule has 2 saturated heterocycles. The van der Waals surface area contributed by atoms with E-state index in [4.69, 9.17) is 9.47 Å². The van der Waals surface area contributed by atoms with Gasteiger partial charge in [0.2, 0.25) is 0 Å². The van der Waals surface area contributed by atoms with Gasteiger partial charge < -0.3 is 14.8 Å². The molecule has 0 aliphatic carbocycles. The molecule has 0 aromatic carbocycles. The summed E-state index contributed by atoms with van der Waals surface area (Å²) in [5.41, 5.74) is 0. The highest BCUT2D eigenvalue weighted by Crippen LogP contribution is 2.20. The normalized spacial score (nSPS) is 28.9. The maximum absolute atomic E-state index is 6.06. The van der Waals surface area contributed by atoms with Gasteiger partial charge in [-0.3, -0.25) is 4.90 Å². The van der Waals surface area contributed by atoms with Crippen LogP contribution in [0.25, 0.3) is 0 Å². The van der Waals surface area contributed by atoms with Gasteiger partial charge in [0.05, 0.1) is 18.8 Å². The first-order valence-electron chi connectivity index (χ1n) is 9.02. The molecule has 4 nitrogen and oxygen atoms in total. The minimum atomic E-state index is 0.356. The van der Waals surface area contributed by atoms with Crippen molar-refractivity contribution in [3.8, 4) is 0 Å². The summed E-state index contributed by atoms with van der Waals surface area (Å²) in [6, 6.07) is 0.501. The second-order valence-corrected chi connectivity index (χ2v) is 6.43. The lowest BCUT2D eigenvalue weighted by molar-refractivity contribution is -0.0468. The van der Waals surface area contributed by atoms with E-state index in [1.807, 2.05) is 0 Å². The fourth-order valence-corrected chi connectivity index (χ4v) is 3.45. The predicted octanol–water partition coefficient (Wildman–Crippen LogP) is 2.42. The number of hydrogen-bond acceptors (Lipinski definition) is 4. The number of ether oxygens (including phenoxy) is 2. The van der Waals surface area contributed by atoms with Crippen LogP contribution >= 0.6 is 0 Å². The summed E-state index contributed by atoms with van der Waals surface area (Å²) >= 11 is 0. The van der Waals surface area contributed by atoms with E-state index >= 15 is 0 Å². The molecule has 0 amide bonds. The van der Waals surface area contributed by atoms with Crippen LogP contribution in [0.15, 0.2) is 0 Å². The van der Waals surface area contributed by atoms with E-state index in [-0.39, 0.29) is 0 Å². The van der Waals surface area contributed by atoms with E-state index in [9.17, 15) is 0 Å². The maximum atomic E-state index is 6.06. The molecule has 2 rings (SSSR count). The molecule has 2 aliphatic rings. The molecule has 2 aliphatic heterocycles. The summed E-state index contributed by atoms with van der Waals surface area (Å²) < 4.78 is 11.8. The second kappa shape index (κ2) is 9.78. The van der Waals surface area contributed by atoms with E-state index < -0.39 is 0 Å². The predicted molar refractivity (Wildman–Crippen MR) is 86.8 cm³/mol. The first-order chi connectivity index (χ1) is 10.3. The fourth-order valence-electron chi connectivity index (χ4n) is 3.45. The van der Waals surface area contributed by atoms with E-state index in [2.05, 4.69) is 24.1 Å². The summed E-state index contributed by atoms with van der Waals surface area (Å²) in [6.07, 6.45) is 8.25. The zero-order chi connectivity index (χ0) is 14.9. The summed E-state index contributed by atoms with van der Waals surface area (Å²) in [4.78, 5) is 2.51. The van der Waals surface area contributed by atoms with E-state index in [0.29, 0.717) is 18.2 Å².